The monoisotopic (exact) mass is 551 g/mol. The number of carbonyl (C=O) groups excluding carboxylic acids is 3. The number of Topliss-reactive ketones (excluding diaryl/α,β-unsaturated/α-hetero) is 1. The van der Waals surface area contributed by atoms with E-state index in [0.717, 1.165) is 28.1 Å². The maximum absolute atomic E-state index is 14.4. The van der Waals surface area contributed by atoms with E-state index < -0.39 is 27.5 Å². The van der Waals surface area contributed by atoms with Crippen molar-refractivity contribution < 1.29 is 31.9 Å². The number of ether oxygens (including phenoxy) is 1. The zero-order valence-corrected chi connectivity index (χ0v) is 21.4. The van der Waals surface area contributed by atoms with Gasteiger partial charge >= 0.3 is 0 Å². The molecular weight excluding hydrogens is 529 g/mol. The molecule has 0 saturated heterocycles. The lowest BCUT2D eigenvalue weighted by Gasteiger charge is -2.17. The number of ketones is 1. The average molecular weight is 552 g/mol. The van der Waals surface area contributed by atoms with E-state index >= 15 is 0 Å². The molecule has 200 valence electrons. The van der Waals surface area contributed by atoms with Crippen molar-refractivity contribution in [3.05, 3.63) is 88.6 Å². The van der Waals surface area contributed by atoms with Crippen LogP contribution in [0.2, 0.25) is 0 Å². The van der Waals surface area contributed by atoms with Gasteiger partial charge in [-0.3, -0.25) is 14.4 Å². The predicted molar refractivity (Wildman–Crippen MR) is 135 cm³/mol. The number of benzene rings is 2. The molecule has 0 atom stereocenters. The van der Waals surface area contributed by atoms with Crippen molar-refractivity contribution >= 4 is 33.1 Å². The third-order valence-corrected chi connectivity index (χ3v) is 7.18. The van der Waals surface area contributed by atoms with Crippen LogP contribution in [-0.4, -0.2) is 53.5 Å². The highest BCUT2D eigenvalue weighted by atomic mass is 32.2. The molecule has 0 unspecified atom stereocenters. The Morgan fingerprint density at radius 1 is 1.03 bits per heavy atom. The number of halogens is 1. The van der Waals surface area contributed by atoms with E-state index in [2.05, 4.69) is 20.7 Å². The third kappa shape index (κ3) is 5.62. The van der Waals surface area contributed by atoms with Gasteiger partial charge in [-0.25, -0.2) is 22.3 Å². The Morgan fingerprint density at radius 2 is 1.72 bits per heavy atom. The second kappa shape index (κ2) is 10.3. The Labute approximate surface area is 221 Å². The van der Waals surface area contributed by atoms with Crippen LogP contribution in [0.3, 0.4) is 0 Å². The highest BCUT2D eigenvalue weighted by Gasteiger charge is 2.21. The van der Waals surface area contributed by atoms with Crippen molar-refractivity contribution in [2.24, 2.45) is 0 Å². The smallest absolute Gasteiger partial charge is 0.270 e. The average Bonchev–Trinajstić information content (AvgIpc) is 3.29. The molecule has 2 amide bonds. The minimum Gasteiger partial charge on any atom is -0.486 e. The summed E-state index contributed by atoms with van der Waals surface area (Å²) in [6, 6.07) is 12.4. The number of rotatable bonds is 7. The number of hydrogen-bond donors (Lipinski definition) is 2. The molecule has 1 aliphatic heterocycles. The van der Waals surface area contributed by atoms with Gasteiger partial charge in [0.25, 0.3) is 11.8 Å². The Bertz CT molecular complexity index is 1730. The van der Waals surface area contributed by atoms with Gasteiger partial charge in [-0.15, -0.1) is 0 Å². The van der Waals surface area contributed by atoms with E-state index in [0.29, 0.717) is 11.3 Å². The number of nitrogens with one attached hydrogen (secondary N) is 2. The fourth-order valence-corrected chi connectivity index (χ4v) is 4.69. The first-order valence-electron chi connectivity index (χ1n) is 11.7. The topological polar surface area (TPSA) is 149 Å². The van der Waals surface area contributed by atoms with Gasteiger partial charge in [0.2, 0.25) is 0 Å². The second-order valence-corrected chi connectivity index (χ2v) is 11.0. The zero-order chi connectivity index (χ0) is 27.7. The normalized spacial score (nSPS) is 13.0. The van der Waals surface area contributed by atoms with Gasteiger partial charge < -0.3 is 15.4 Å². The molecule has 0 bridgehead atoms. The molecule has 4 aromatic rings. The Kier molecular flexibility index (Phi) is 6.83. The number of hydrogen-bond acceptors (Lipinski definition) is 8. The van der Waals surface area contributed by atoms with Crippen LogP contribution < -0.4 is 15.4 Å². The first-order chi connectivity index (χ1) is 18.6. The Morgan fingerprint density at radius 3 is 2.46 bits per heavy atom. The van der Waals surface area contributed by atoms with Crippen molar-refractivity contribution in [2.45, 2.75) is 24.4 Å². The zero-order valence-electron chi connectivity index (χ0n) is 20.6. The maximum Gasteiger partial charge on any atom is 0.270 e. The van der Waals surface area contributed by atoms with Crippen LogP contribution in [0.1, 0.15) is 37.7 Å². The van der Waals surface area contributed by atoms with E-state index in [1.165, 1.54) is 18.2 Å². The van der Waals surface area contributed by atoms with Crippen molar-refractivity contribution in [3.63, 3.8) is 0 Å². The number of fused-ring (bicyclic) bond motifs is 2. The van der Waals surface area contributed by atoms with Gasteiger partial charge in [-0.05, 0) is 35.4 Å². The van der Waals surface area contributed by atoms with Crippen molar-refractivity contribution in [3.8, 4) is 5.75 Å². The minimum absolute atomic E-state index is 0.0355. The lowest BCUT2D eigenvalue weighted by atomic mass is 10.0. The first-order valence-corrected chi connectivity index (χ1v) is 13.6. The SMILES string of the molecule is CS(=O)(=O)c1ccc(CNC(=O)c2cc(C(=O)NCc3ccc4c(c3)CC(=O)CO4)nc3c(F)cnn23)cc1. The van der Waals surface area contributed by atoms with Crippen LogP contribution in [0.5, 0.6) is 5.75 Å². The summed E-state index contributed by atoms with van der Waals surface area (Å²) in [5.41, 5.74) is 1.46. The molecule has 3 heterocycles. The summed E-state index contributed by atoms with van der Waals surface area (Å²) in [4.78, 5) is 41.8. The van der Waals surface area contributed by atoms with Gasteiger partial charge in [-0.2, -0.15) is 5.10 Å². The molecule has 0 aliphatic carbocycles. The molecule has 5 rings (SSSR count). The lowest BCUT2D eigenvalue weighted by Crippen LogP contribution is -2.28. The Hall–Kier alpha value is -4.65. The summed E-state index contributed by atoms with van der Waals surface area (Å²) in [7, 11) is -3.36. The summed E-state index contributed by atoms with van der Waals surface area (Å²) in [5.74, 6) is -1.52. The molecule has 0 radical (unpaired) electrons. The molecule has 2 N–H and O–H groups in total. The lowest BCUT2D eigenvalue weighted by molar-refractivity contribution is -0.121. The quantitative estimate of drug-likeness (QED) is 0.352. The van der Waals surface area contributed by atoms with Gasteiger partial charge in [0.1, 0.15) is 23.7 Å². The van der Waals surface area contributed by atoms with Crippen LogP contribution in [0, 0.1) is 5.82 Å². The van der Waals surface area contributed by atoms with E-state index in [-0.39, 0.29) is 53.8 Å². The van der Waals surface area contributed by atoms with Crippen molar-refractivity contribution in [1.82, 2.24) is 25.2 Å². The summed E-state index contributed by atoms with van der Waals surface area (Å²) >= 11 is 0. The van der Waals surface area contributed by atoms with Crippen molar-refractivity contribution in [2.75, 3.05) is 12.9 Å². The molecule has 13 heteroatoms. The third-order valence-electron chi connectivity index (χ3n) is 6.05. The van der Waals surface area contributed by atoms with Crippen LogP contribution in [0.25, 0.3) is 5.65 Å². The molecule has 2 aromatic carbocycles. The largest absolute Gasteiger partial charge is 0.486 e. The van der Waals surface area contributed by atoms with E-state index in [9.17, 15) is 27.2 Å². The molecule has 0 spiro atoms. The molecule has 0 saturated carbocycles. The second-order valence-electron chi connectivity index (χ2n) is 8.98. The van der Waals surface area contributed by atoms with Crippen LogP contribution >= 0.6 is 0 Å². The fourth-order valence-electron chi connectivity index (χ4n) is 4.06. The first kappa shape index (κ1) is 26.0. The standard InChI is InChI=1S/C26H22FN5O6S/c1-39(36,37)19-5-2-15(3-6-19)11-29-26(35)22-10-21(31-24-20(27)13-30-32(22)24)25(34)28-12-16-4-7-23-17(8-16)9-18(33)14-38-23/h2-8,10,13H,9,11-12,14H2,1H3,(H,28,34)(H,29,35). The van der Waals surface area contributed by atoms with E-state index in [1.807, 2.05) is 0 Å². The van der Waals surface area contributed by atoms with Gasteiger partial charge in [-0.1, -0.05) is 18.2 Å². The highest BCUT2D eigenvalue weighted by Crippen LogP contribution is 2.24. The highest BCUT2D eigenvalue weighted by molar-refractivity contribution is 7.90. The van der Waals surface area contributed by atoms with Gasteiger partial charge in [0.05, 0.1) is 11.1 Å². The van der Waals surface area contributed by atoms with E-state index in [4.69, 9.17) is 4.74 Å². The summed E-state index contributed by atoms with van der Waals surface area (Å²) < 4.78 is 44.0. The fraction of sp³-hybridized carbons (Fsp3) is 0.192. The molecule has 2 aromatic heterocycles. The van der Waals surface area contributed by atoms with Gasteiger partial charge in [0.15, 0.2) is 27.1 Å². The summed E-state index contributed by atoms with van der Waals surface area (Å²) in [5, 5.41) is 9.21. The molecule has 1 aliphatic rings. The van der Waals surface area contributed by atoms with Crippen LogP contribution in [0.15, 0.2) is 59.6 Å². The number of nitrogens with zero attached hydrogens (tertiary/aromatic N) is 3. The molecular formula is C26H22FN5O6S. The minimum atomic E-state index is -3.36. The van der Waals surface area contributed by atoms with Crippen LogP contribution in [-0.2, 0) is 34.1 Å². The molecule has 39 heavy (non-hydrogen) atoms. The number of sulfone groups is 1. The number of carbonyl (C=O) groups is 3. The molecule has 0 fully saturated rings. The van der Waals surface area contributed by atoms with E-state index in [1.54, 1.807) is 30.3 Å². The van der Waals surface area contributed by atoms with Crippen molar-refractivity contribution in [1.29, 1.82) is 0 Å². The van der Waals surface area contributed by atoms with Crippen LogP contribution in [0.4, 0.5) is 4.39 Å². The predicted octanol–water partition coefficient (Wildman–Crippen LogP) is 1.64. The maximum atomic E-state index is 14.4. The number of aromatic nitrogens is 3. The number of amides is 2. The summed E-state index contributed by atoms with van der Waals surface area (Å²) in [6.45, 7) is 0.177. The molecule has 11 nitrogen and oxygen atoms in total. The van der Waals surface area contributed by atoms with Gasteiger partial charge in [0, 0.05) is 37.4 Å². The summed E-state index contributed by atoms with van der Waals surface area (Å²) in [6.07, 6.45) is 2.23. The Balaban J connectivity index is 1.32.